The number of halogens is 1. The molecule has 0 unspecified atom stereocenters. The fraction of sp³-hybridized carbons (Fsp3) is 0.286. The molecule has 0 aromatic heterocycles. The molecular formula is C21H23FN2O2S. The first kappa shape index (κ1) is 19.3. The van der Waals surface area contributed by atoms with Crippen molar-refractivity contribution in [2.75, 3.05) is 11.4 Å². The molecule has 0 aliphatic carbocycles. The third-order valence-electron chi connectivity index (χ3n) is 4.50. The van der Waals surface area contributed by atoms with Crippen LogP contribution in [-0.2, 0) is 21.3 Å². The third kappa shape index (κ3) is 4.45. The quantitative estimate of drug-likeness (QED) is 0.741. The zero-order valence-corrected chi connectivity index (χ0v) is 16.4. The van der Waals surface area contributed by atoms with E-state index in [0.717, 1.165) is 24.2 Å². The minimum Gasteiger partial charge on any atom is -0.326 e. The summed E-state index contributed by atoms with van der Waals surface area (Å²) in [5.41, 5.74) is 3.52. The highest BCUT2D eigenvalue weighted by atomic mass is 32.2. The molecule has 1 aliphatic rings. The molecule has 142 valence electrons. The summed E-state index contributed by atoms with van der Waals surface area (Å²) in [6.07, 6.45) is 2.67. The Balaban J connectivity index is 1.81. The van der Waals surface area contributed by atoms with Gasteiger partial charge < -0.3 is 4.90 Å². The Kier molecular flexibility index (Phi) is 5.46. The van der Waals surface area contributed by atoms with E-state index in [4.69, 9.17) is 0 Å². The average Bonchev–Trinajstić information content (AvgIpc) is 2.60. The zero-order chi connectivity index (χ0) is 19.6. The van der Waals surface area contributed by atoms with Crippen molar-refractivity contribution in [3.63, 3.8) is 0 Å². The van der Waals surface area contributed by atoms with Crippen LogP contribution in [0.4, 0.5) is 10.1 Å². The van der Waals surface area contributed by atoms with Crippen LogP contribution in [0.25, 0.3) is 0 Å². The van der Waals surface area contributed by atoms with Crippen molar-refractivity contribution in [1.82, 2.24) is 0 Å². The number of hydrogen-bond acceptors (Lipinski definition) is 4. The van der Waals surface area contributed by atoms with E-state index in [1.807, 2.05) is 23.1 Å². The maximum absolute atomic E-state index is 13.7. The highest BCUT2D eigenvalue weighted by molar-refractivity contribution is 7.89. The number of sulfone groups is 1. The average molecular weight is 386 g/mol. The van der Waals surface area contributed by atoms with Gasteiger partial charge in [0.05, 0.1) is 17.2 Å². The molecule has 27 heavy (non-hydrogen) atoms. The molecule has 0 saturated heterocycles. The van der Waals surface area contributed by atoms with E-state index < -0.39 is 9.84 Å². The standard InChI is InChI=1S/C21H23FN2O2S/c1-4-9-24-16(3)23-12-19-10-17(7-8-21(19)24)13-27(25,26)14-18-6-5-15(2)20(22)11-18/h5-8,10-12H,3-4,9,13-14H2,1-2H3. The van der Waals surface area contributed by atoms with Crippen molar-refractivity contribution < 1.29 is 12.8 Å². The second kappa shape index (κ2) is 7.64. The predicted molar refractivity (Wildman–Crippen MR) is 108 cm³/mol. The lowest BCUT2D eigenvalue weighted by Gasteiger charge is -2.28. The lowest BCUT2D eigenvalue weighted by Crippen LogP contribution is -2.25. The van der Waals surface area contributed by atoms with Gasteiger partial charge in [0.25, 0.3) is 0 Å². The van der Waals surface area contributed by atoms with Crippen molar-refractivity contribution in [2.24, 2.45) is 4.99 Å². The molecule has 0 atom stereocenters. The van der Waals surface area contributed by atoms with Crippen LogP contribution >= 0.6 is 0 Å². The molecule has 0 amide bonds. The van der Waals surface area contributed by atoms with E-state index in [1.54, 1.807) is 25.3 Å². The summed E-state index contributed by atoms with van der Waals surface area (Å²) >= 11 is 0. The summed E-state index contributed by atoms with van der Waals surface area (Å²) in [7, 11) is -3.42. The maximum Gasteiger partial charge on any atom is 0.158 e. The van der Waals surface area contributed by atoms with Crippen LogP contribution in [0.5, 0.6) is 0 Å². The molecule has 2 aromatic carbocycles. The van der Waals surface area contributed by atoms with Gasteiger partial charge in [-0.1, -0.05) is 31.7 Å². The summed E-state index contributed by atoms with van der Waals surface area (Å²) in [5.74, 6) is 0.0157. The molecule has 0 N–H and O–H groups in total. The Morgan fingerprint density at radius 2 is 1.78 bits per heavy atom. The molecule has 0 saturated carbocycles. The van der Waals surface area contributed by atoms with Crippen LogP contribution < -0.4 is 4.90 Å². The monoisotopic (exact) mass is 386 g/mol. The van der Waals surface area contributed by atoms with Crippen LogP contribution in [0.2, 0.25) is 0 Å². The molecule has 2 aromatic rings. The normalized spacial score (nSPS) is 13.7. The van der Waals surface area contributed by atoms with E-state index in [-0.39, 0.29) is 17.3 Å². The lowest BCUT2D eigenvalue weighted by atomic mass is 10.1. The minimum atomic E-state index is -3.42. The highest BCUT2D eigenvalue weighted by Gasteiger charge is 2.19. The molecule has 6 heteroatoms. The van der Waals surface area contributed by atoms with Crippen LogP contribution in [0.1, 0.15) is 35.6 Å². The molecule has 4 nitrogen and oxygen atoms in total. The maximum atomic E-state index is 13.7. The first-order valence-corrected chi connectivity index (χ1v) is 10.7. The van der Waals surface area contributed by atoms with E-state index in [9.17, 15) is 12.8 Å². The van der Waals surface area contributed by atoms with Crippen molar-refractivity contribution in [2.45, 2.75) is 31.8 Å². The third-order valence-corrected chi connectivity index (χ3v) is 6.05. The second-order valence-electron chi connectivity index (χ2n) is 6.84. The van der Waals surface area contributed by atoms with Gasteiger partial charge in [-0.3, -0.25) is 0 Å². The van der Waals surface area contributed by atoms with Gasteiger partial charge in [0, 0.05) is 18.3 Å². The van der Waals surface area contributed by atoms with E-state index in [0.29, 0.717) is 22.5 Å². The summed E-state index contributed by atoms with van der Waals surface area (Å²) in [6.45, 7) is 8.50. The topological polar surface area (TPSA) is 49.7 Å². The van der Waals surface area contributed by atoms with Gasteiger partial charge in [-0.25, -0.2) is 17.8 Å². The predicted octanol–water partition coefficient (Wildman–Crippen LogP) is 4.37. The Labute approximate surface area is 160 Å². The van der Waals surface area contributed by atoms with E-state index in [2.05, 4.69) is 18.5 Å². The SMILES string of the molecule is C=C1N=Cc2cc(CS(=O)(=O)Cc3ccc(C)c(F)c3)ccc2N1CCC. The number of aryl methyl sites for hydroxylation is 1. The van der Waals surface area contributed by atoms with Crippen LogP contribution in [0.15, 0.2) is 53.8 Å². The summed E-state index contributed by atoms with van der Waals surface area (Å²) in [4.78, 5) is 6.34. The fourth-order valence-electron chi connectivity index (χ4n) is 3.15. The summed E-state index contributed by atoms with van der Waals surface area (Å²) in [6, 6.07) is 10.1. The lowest BCUT2D eigenvalue weighted by molar-refractivity contribution is 0.593. The zero-order valence-electron chi connectivity index (χ0n) is 15.6. The van der Waals surface area contributed by atoms with Crippen LogP contribution in [0, 0.1) is 12.7 Å². The smallest absolute Gasteiger partial charge is 0.158 e. The van der Waals surface area contributed by atoms with Crippen molar-refractivity contribution in [1.29, 1.82) is 0 Å². The Hall–Kier alpha value is -2.47. The minimum absolute atomic E-state index is 0.0989. The number of nitrogens with zero attached hydrogens (tertiary/aromatic N) is 2. The number of anilines is 1. The number of benzene rings is 2. The van der Waals surface area contributed by atoms with E-state index in [1.165, 1.54) is 6.07 Å². The molecule has 3 rings (SSSR count). The van der Waals surface area contributed by atoms with Crippen molar-refractivity contribution in [3.8, 4) is 0 Å². The van der Waals surface area contributed by atoms with E-state index >= 15 is 0 Å². The van der Waals surface area contributed by atoms with Crippen molar-refractivity contribution >= 4 is 21.7 Å². The first-order chi connectivity index (χ1) is 12.8. The number of fused-ring (bicyclic) bond motifs is 1. The molecule has 1 aliphatic heterocycles. The highest BCUT2D eigenvalue weighted by Crippen LogP contribution is 2.29. The number of rotatable bonds is 6. The molecule has 0 fully saturated rings. The Morgan fingerprint density at radius 3 is 2.44 bits per heavy atom. The first-order valence-electron chi connectivity index (χ1n) is 8.88. The fourth-order valence-corrected chi connectivity index (χ4v) is 4.63. The van der Waals surface area contributed by atoms with Crippen LogP contribution in [0.3, 0.4) is 0 Å². The van der Waals surface area contributed by atoms with Gasteiger partial charge in [-0.2, -0.15) is 0 Å². The molecule has 0 spiro atoms. The van der Waals surface area contributed by atoms with Crippen molar-refractivity contribution in [3.05, 3.63) is 76.9 Å². The summed E-state index contributed by atoms with van der Waals surface area (Å²) in [5, 5.41) is 0. The van der Waals surface area contributed by atoms with Gasteiger partial charge in [0.1, 0.15) is 11.6 Å². The number of aliphatic imine (C=N–C) groups is 1. The van der Waals surface area contributed by atoms with Gasteiger partial charge in [-0.05, 0) is 48.2 Å². The van der Waals surface area contributed by atoms with Gasteiger partial charge in [-0.15, -0.1) is 0 Å². The second-order valence-corrected chi connectivity index (χ2v) is 8.90. The Morgan fingerprint density at radius 1 is 1.11 bits per heavy atom. The molecule has 0 bridgehead atoms. The van der Waals surface area contributed by atoms with Gasteiger partial charge in [0.15, 0.2) is 9.84 Å². The van der Waals surface area contributed by atoms with Gasteiger partial charge >= 0.3 is 0 Å². The Bertz CT molecular complexity index is 1010. The molecule has 0 radical (unpaired) electrons. The van der Waals surface area contributed by atoms with Gasteiger partial charge in [0.2, 0.25) is 0 Å². The van der Waals surface area contributed by atoms with Crippen LogP contribution in [-0.4, -0.2) is 21.2 Å². The largest absolute Gasteiger partial charge is 0.326 e. The summed E-state index contributed by atoms with van der Waals surface area (Å²) < 4.78 is 38.8. The number of hydrogen-bond donors (Lipinski definition) is 0. The molecular weight excluding hydrogens is 363 g/mol. The molecule has 1 heterocycles.